The number of nitrogens with one attached hydrogen (secondary N) is 2. The lowest BCUT2D eigenvalue weighted by molar-refractivity contribution is 0.0386. The predicted octanol–water partition coefficient (Wildman–Crippen LogP) is 3.90. The number of rotatable bonds is 10. The number of pyridine rings is 1. The molecule has 0 aliphatic carbocycles. The summed E-state index contributed by atoms with van der Waals surface area (Å²) < 4.78 is 15.9. The molecule has 174 valence electrons. The maximum Gasteiger partial charge on any atom is 0.340 e. The summed E-state index contributed by atoms with van der Waals surface area (Å²) in [6.45, 7) is 6.17. The molecule has 0 spiro atoms. The van der Waals surface area contributed by atoms with Crippen molar-refractivity contribution in [3.63, 3.8) is 0 Å². The summed E-state index contributed by atoms with van der Waals surface area (Å²) in [5.74, 6) is -0.103. The van der Waals surface area contributed by atoms with Gasteiger partial charge in [-0.25, -0.2) is 4.79 Å². The number of hydrogen-bond acceptors (Lipinski definition) is 6. The zero-order valence-corrected chi connectivity index (χ0v) is 19.3. The number of esters is 1. The molecule has 8 heteroatoms. The van der Waals surface area contributed by atoms with Crippen LogP contribution in [0, 0.1) is 13.8 Å². The molecule has 1 atom stereocenters. The standard InChI is InChI=1S/C25H29N3O5/c1-16-22(25(30)32-13-12-31-4)18(3)27-23(16)24(29)28-17(2)19-8-7-10-21(14-19)33-15-20-9-5-6-11-26-20/h5-11,14,17,27H,12-13,15H2,1-4H3,(H,28,29). The Morgan fingerprint density at radius 2 is 1.94 bits per heavy atom. The first-order valence-corrected chi connectivity index (χ1v) is 10.7. The van der Waals surface area contributed by atoms with Crippen LogP contribution in [-0.2, 0) is 16.1 Å². The van der Waals surface area contributed by atoms with E-state index >= 15 is 0 Å². The average molecular weight is 452 g/mol. The first-order valence-electron chi connectivity index (χ1n) is 10.7. The van der Waals surface area contributed by atoms with Gasteiger partial charge in [0.25, 0.3) is 5.91 Å². The molecule has 33 heavy (non-hydrogen) atoms. The van der Waals surface area contributed by atoms with Gasteiger partial charge < -0.3 is 24.5 Å². The molecule has 2 N–H and O–H groups in total. The van der Waals surface area contributed by atoms with E-state index in [0.717, 1.165) is 11.3 Å². The zero-order chi connectivity index (χ0) is 23.8. The molecule has 2 heterocycles. The number of aromatic amines is 1. The van der Waals surface area contributed by atoms with Gasteiger partial charge in [-0.15, -0.1) is 0 Å². The van der Waals surface area contributed by atoms with Crippen molar-refractivity contribution in [2.75, 3.05) is 20.3 Å². The van der Waals surface area contributed by atoms with Gasteiger partial charge in [-0.2, -0.15) is 0 Å². The molecule has 3 aromatic rings. The number of carbonyl (C=O) groups is 2. The van der Waals surface area contributed by atoms with Crippen molar-refractivity contribution in [3.8, 4) is 5.75 Å². The molecule has 1 aromatic carbocycles. The maximum absolute atomic E-state index is 12.9. The van der Waals surface area contributed by atoms with Crippen molar-refractivity contribution in [1.29, 1.82) is 0 Å². The van der Waals surface area contributed by atoms with Crippen molar-refractivity contribution in [1.82, 2.24) is 15.3 Å². The Bertz CT molecular complexity index is 1090. The number of carbonyl (C=O) groups excluding carboxylic acids is 2. The van der Waals surface area contributed by atoms with Gasteiger partial charge in [0, 0.05) is 19.0 Å². The summed E-state index contributed by atoms with van der Waals surface area (Å²) in [4.78, 5) is 32.6. The molecule has 1 amide bonds. The molecule has 0 saturated carbocycles. The molecule has 0 aliphatic rings. The molecular weight excluding hydrogens is 422 g/mol. The van der Waals surface area contributed by atoms with E-state index in [9.17, 15) is 9.59 Å². The first kappa shape index (κ1) is 24.0. The fraction of sp³-hybridized carbons (Fsp3) is 0.320. The lowest BCUT2D eigenvalue weighted by Crippen LogP contribution is -2.27. The minimum atomic E-state index is -0.483. The smallest absolute Gasteiger partial charge is 0.340 e. The fourth-order valence-corrected chi connectivity index (χ4v) is 3.44. The van der Waals surface area contributed by atoms with Crippen LogP contribution in [0.3, 0.4) is 0 Å². The quantitative estimate of drug-likeness (QED) is 0.358. The number of amides is 1. The Morgan fingerprint density at radius 1 is 1.12 bits per heavy atom. The van der Waals surface area contributed by atoms with Crippen LogP contribution in [0.15, 0.2) is 48.7 Å². The highest BCUT2D eigenvalue weighted by Gasteiger charge is 2.24. The summed E-state index contributed by atoms with van der Waals surface area (Å²) in [6.07, 6.45) is 1.72. The van der Waals surface area contributed by atoms with E-state index in [1.54, 1.807) is 20.0 Å². The molecule has 3 rings (SSSR count). The largest absolute Gasteiger partial charge is 0.487 e. The third-order valence-electron chi connectivity index (χ3n) is 5.21. The highest BCUT2D eigenvalue weighted by Crippen LogP contribution is 2.22. The molecule has 0 aliphatic heterocycles. The van der Waals surface area contributed by atoms with E-state index < -0.39 is 5.97 Å². The van der Waals surface area contributed by atoms with Gasteiger partial charge in [-0.3, -0.25) is 9.78 Å². The van der Waals surface area contributed by atoms with E-state index in [1.165, 1.54) is 7.11 Å². The summed E-state index contributed by atoms with van der Waals surface area (Å²) in [7, 11) is 1.53. The van der Waals surface area contributed by atoms with E-state index in [2.05, 4.69) is 15.3 Å². The third kappa shape index (κ3) is 6.20. The van der Waals surface area contributed by atoms with Gasteiger partial charge in [-0.1, -0.05) is 18.2 Å². The normalized spacial score (nSPS) is 11.6. The van der Waals surface area contributed by atoms with Crippen molar-refractivity contribution < 1.29 is 23.8 Å². The Hall–Kier alpha value is -3.65. The Kier molecular flexibility index (Phi) is 8.21. The monoisotopic (exact) mass is 451 g/mol. The number of ether oxygens (including phenoxy) is 3. The molecular formula is C25H29N3O5. The SMILES string of the molecule is COCCOC(=O)c1c(C)[nH]c(C(=O)NC(C)c2cccc(OCc3ccccn3)c2)c1C. The van der Waals surface area contributed by atoms with Crippen LogP contribution in [0.4, 0.5) is 0 Å². The van der Waals surface area contributed by atoms with Crippen LogP contribution in [-0.4, -0.2) is 42.2 Å². The average Bonchev–Trinajstić information content (AvgIpc) is 3.12. The second-order valence-electron chi connectivity index (χ2n) is 7.63. The lowest BCUT2D eigenvalue weighted by Gasteiger charge is -2.16. The minimum absolute atomic E-state index is 0.150. The van der Waals surface area contributed by atoms with Crippen LogP contribution < -0.4 is 10.1 Å². The van der Waals surface area contributed by atoms with Gasteiger partial charge in [0.2, 0.25) is 0 Å². The molecule has 2 aromatic heterocycles. The van der Waals surface area contributed by atoms with Gasteiger partial charge in [-0.05, 0) is 56.2 Å². The number of aromatic nitrogens is 2. The zero-order valence-electron chi connectivity index (χ0n) is 19.3. The number of nitrogens with zero attached hydrogens (tertiary/aromatic N) is 1. The minimum Gasteiger partial charge on any atom is -0.487 e. The number of hydrogen-bond donors (Lipinski definition) is 2. The summed E-state index contributed by atoms with van der Waals surface area (Å²) in [5.41, 5.74) is 3.56. The maximum atomic E-state index is 12.9. The molecule has 0 fully saturated rings. The fourth-order valence-electron chi connectivity index (χ4n) is 3.44. The summed E-state index contributed by atoms with van der Waals surface area (Å²) in [5, 5.41) is 2.98. The van der Waals surface area contributed by atoms with Gasteiger partial charge in [0.1, 0.15) is 24.7 Å². The van der Waals surface area contributed by atoms with Crippen molar-refractivity contribution in [2.45, 2.75) is 33.4 Å². The molecule has 8 nitrogen and oxygen atoms in total. The molecule has 1 unspecified atom stereocenters. The Labute approximate surface area is 193 Å². The first-order chi connectivity index (χ1) is 15.9. The lowest BCUT2D eigenvalue weighted by atomic mass is 10.1. The van der Waals surface area contributed by atoms with E-state index in [1.807, 2.05) is 49.4 Å². The Morgan fingerprint density at radius 3 is 2.67 bits per heavy atom. The van der Waals surface area contributed by atoms with E-state index in [4.69, 9.17) is 14.2 Å². The number of aryl methyl sites for hydroxylation is 1. The second kappa shape index (κ2) is 11.3. The van der Waals surface area contributed by atoms with Crippen LogP contribution in [0.2, 0.25) is 0 Å². The van der Waals surface area contributed by atoms with Gasteiger partial charge in [0.15, 0.2) is 0 Å². The van der Waals surface area contributed by atoms with Crippen LogP contribution >= 0.6 is 0 Å². The van der Waals surface area contributed by atoms with E-state index in [0.29, 0.717) is 41.5 Å². The number of H-pyrrole nitrogens is 1. The molecule has 0 radical (unpaired) electrons. The van der Waals surface area contributed by atoms with Crippen molar-refractivity contribution >= 4 is 11.9 Å². The molecule has 0 bridgehead atoms. The van der Waals surface area contributed by atoms with E-state index in [-0.39, 0.29) is 18.6 Å². The number of benzene rings is 1. The second-order valence-corrected chi connectivity index (χ2v) is 7.63. The van der Waals surface area contributed by atoms with Crippen LogP contribution in [0.25, 0.3) is 0 Å². The van der Waals surface area contributed by atoms with Crippen LogP contribution in [0.1, 0.15) is 56.3 Å². The highest BCUT2D eigenvalue weighted by atomic mass is 16.6. The topological polar surface area (TPSA) is 103 Å². The summed E-state index contributed by atoms with van der Waals surface area (Å²) in [6, 6.07) is 12.9. The van der Waals surface area contributed by atoms with Gasteiger partial charge in [0.05, 0.1) is 23.9 Å². The van der Waals surface area contributed by atoms with Crippen molar-refractivity contribution in [3.05, 3.63) is 82.4 Å². The van der Waals surface area contributed by atoms with Crippen LogP contribution in [0.5, 0.6) is 5.75 Å². The highest BCUT2D eigenvalue weighted by molar-refractivity contribution is 6.00. The predicted molar refractivity (Wildman–Crippen MR) is 123 cm³/mol. The number of methoxy groups -OCH3 is 1. The van der Waals surface area contributed by atoms with Crippen molar-refractivity contribution in [2.24, 2.45) is 0 Å². The Balaban J connectivity index is 1.66. The summed E-state index contributed by atoms with van der Waals surface area (Å²) >= 11 is 0. The molecule has 0 saturated heterocycles. The third-order valence-corrected chi connectivity index (χ3v) is 5.21. The van der Waals surface area contributed by atoms with Gasteiger partial charge >= 0.3 is 5.97 Å².